The highest BCUT2D eigenvalue weighted by atomic mass is 32.2. The van der Waals surface area contributed by atoms with Crippen molar-refractivity contribution in [3.05, 3.63) is 63.9 Å². The third kappa shape index (κ3) is 2.69. The normalized spacial score (nSPS) is 18.9. The van der Waals surface area contributed by atoms with Crippen molar-refractivity contribution in [2.75, 3.05) is 0 Å². The standard InChI is InChI=1S/C18H17NO2S2/c1-12-8-17(22-11-12)16-10-18(6-7-18)9-15(16)13-2-4-14(5-3-13)23(19,20)21/h2-5,8-11H,6-7H2,1H3,(H2,19,20,21). The average molecular weight is 343 g/mol. The zero-order valence-corrected chi connectivity index (χ0v) is 14.4. The van der Waals surface area contributed by atoms with Crippen LogP contribution in [0.15, 0.2) is 52.8 Å². The summed E-state index contributed by atoms with van der Waals surface area (Å²) >= 11 is 1.76. The molecule has 1 spiro atoms. The first-order valence-electron chi connectivity index (χ1n) is 7.51. The van der Waals surface area contributed by atoms with Gasteiger partial charge in [-0.1, -0.05) is 24.3 Å². The van der Waals surface area contributed by atoms with Crippen LogP contribution in [0.5, 0.6) is 0 Å². The van der Waals surface area contributed by atoms with Crippen molar-refractivity contribution in [2.45, 2.75) is 24.7 Å². The Kier molecular flexibility index (Phi) is 3.17. The van der Waals surface area contributed by atoms with Crippen LogP contribution in [0.1, 0.15) is 28.8 Å². The Bertz CT molecular complexity index is 943. The van der Waals surface area contributed by atoms with E-state index in [1.165, 1.54) is 34.4 Å². The van der Waals surface area contributed by atoms with Gasteiger partial charge in [0.1, 0.15) is 0 Å². The molecule has 1 heterocycles. The Balaban J connectivity index is 1.77. The molecular weight excluding hydrogens is 326 g/mol. The third-order valence-electron chi connectivity index (χ3n) is 4.47. The van der Waals surface area contributed by atoms with Crippen molar-refractivity contribution in [1.82, 2.24) is 0 Å². The van der Waals surface area contributed by atoms with Crippen LogP contribution < -0.4 is 5.14 Å². The number of sulfonamides is 1. The third-order valence-corrected chi connectivity index (χ3v) is 6.48. The number of rotatable bonds is 3. The quantitative estimate of drug-likeness (QED) is 0.917. The minimum absolute atomic E-state index is 0.151. The summed E-state index contributed by atoms with van der Waals surface area (Å²) in [6, 6.07) is 9.08. The maximum absolute atomic E-state index is 11.4. The topological polar surface area (TPSA) is 60.2 Å². The van der Waals surface area contributed by atoms with E-state index in [9.17, 15) is 8.42 Å². The molecule has 0 radical (unpaired) electrons. The molecule has 0 unspecified atom stereocenters. The molecule has 0 atom stereocenters. The van der Waals surface area contributed by atoms with E-state index in [2.05, 4.69) is 30.5 Å². The predicted molar refractivity (Wildman–Crippen MR) is 94.5 cm³/mol. The lowest BCUT2D eigenvalue weighted by Gasteiger charge is -2.08. The second-order valence-corrected chi connectivity index (χ2v) is 8.88. The van der Waals surface area contributed by atoms with Gasteiger partial charge in [-0.25, -0.2) is 13.6 Å². The van der Waals surface area contributed by atoms with Crippen molar-refractivity contribution < 1.29 is 8.42 Å². The summed E-state index contributed by atoms with van der Waals surface area (Å²) in [4.78, 5) is 1.42. The van der Waals surface area contributed by atoms with E-state index in [0.29, 0.717) is 0 Å². The molecule has 4 rings (SSSR count). The Labute approximate surface area is 140 Å². The molecule has 0 amide bonds. The molecule has 1 aromatic carbocycles. The second kappa shape index (κ2) is 4.90. The van der Waals surface area contributed by atoms with E-state index in [-0.39, 0.29) is 10.3 Å². The molecular formula is C18H17NO2S2. The number of benzene rings is 1. The minimum atomic E-state index is -3.65. The SMILES string of the molecule is Cc1csc(C2=CC3(C=C2c2ccc(S(N)(=O)=O)cc2)CC3)c1. The Morgan fingerprint density at radius 2 is 1.74 bits per heavy atom. The van der Waals surface area contributed by atoms with Crippen LogP contribution in [0.25, 0.3) is 11.1 Å². The van der Waals surface area contributed by atoms with Gasteiger partial charge in [-0.3, -0.25) is 0 Å². The van der Waals surface area contributed by atoms with Gasteiger partial charge in [-0.05, 0) is 65.6 Å². The molecule has 3 nitrogen and oxygen atoms in total. The first kappa shape index (κ1) is 14.9. The predicted octanol–water partition coefficient (Wildman–Crippen LogP) is 3.96. The van der Waals surface area contributed by atoms with Crippen LogP contribution in [0.3, 0.4) is 0 Å². The highest BCUT2D eigenvalue weighted by Gasteiger charge is 2.43. The lowest BCUT2D eigenvalue weighted by atomic mass is 9.99. The molecule has 0 bridgehead atoms. The molecule has 5 heteroatoms. The first-order valence-corrected chi connectivity index (χ1v) is 9.94. The fourth-order valence-corrected chi connectivity index (χ4v) is 4.49. The number of hydrogen-bond donors (Lipinski definition) is 1. The van der Waals surface area contributed by atoms with Gasteiger partial charge < -0.3 is 0 Å². The summed E-state index contributed by atoms with van der Waals surface area (Å²) in [5.41, 5.74) is 5.00. The van der Waals surface area contributed by atoms with Gasteiger partial charge in [0.15, 0.2) is 0 Å². The van der Waals surface area contributed by atoms with E-state index in [1.54, 1.807) is 23.5 Å². The van der Waals surface area contributed by atoms with Crippen LogP contribution >= 0.6 is 11.3 Å². The van der Waals surface area contributed by atoms with Gasteiger partial charge in [0, 0.05) is 10.3 Å². The molecule has 23 heavy (non-hydrogen) atoms. The van der Waals surface area contributed by atoms with Gasteiger partial charge in [0.25, 0.3) is 0 Å². The molecule has 2 aliphatic rings. The molecule has 1 saturated carbocycles. The number of allylic oxidation sites excluding steroid dienone is 4. The van der Waals surface area contributed by atoms with E-state index < -0.39 is 10.0 Å². The van der Waals surface area contributed by atoms with E-state index in [4.69, 9.17) is 5.14 Å². The van der Waals surface area contributed by atoms with Gasteiger partial charge in [-0.15, -0.1) is 11.3 Å². The van der Waals surface area contributed by atoms with Gasteiger partial charge >= 0.3 is 0 Å². The fraction of sp³-hybridized carbons (Fsp3) is 0.222. The van der Waals surface area contributed by atoms with Crippen molar-refractivity contribution in [3.63, 3.8) is 0 Å². The van der Waals surface area contributed by atoms with E-state index in [1.807, 2.05) is 12.1 Å². The monoisotopic (exact) mass is 343 g/mol. The summed E-state index contributed by atoms with van der Waals surface area (Å²) < 4.78 is 22.8. The summed E-state index contributed by atoms with van der Waals surface area (Å²) in [5, 5.41) is 7.34. The lowest BCUT2D eigenvalue weighted by Crippen LogP contribution is -2.11. The van der Waals surface area contributed by atoms with Gasteiger partial charge in [-0.2, -0.15) is 0 Å². The van der Waals surface area contributed by atoms with Crippen molar-refractivity contribution in [2.24, 2.45) is 10.6 Å². The highest BCUT2D eigenvalue weighted by molar-refractivity contribution is 7.89. The molecule has 2 aliphatic carbocycles. The van der Waals surface area contributed by atoms with Crippen LogP contribution in [-0.2, 0) is 10.0 Å². The zero-order chi connectivity index (χ0) is 16.2. The Hall–Kier alpha value is -1.69. The Morgan fingerprint density at radius 1 is 1.09 bits per heavy atom. The first-order chi connectivity index (χ1) is 10.9. The molecule has 1 fully saturated rings. The molecule has 0 saturated heterocycles. The number of nitrogens with two attached hydrogens (primary N) is 1. The van der Waals surface area contributed by atoms with Crippen LogP contribution in [0, 0.1) is 12.3 Å². The summed E-state index contributed by atoms with van der Waals surface area (Å²) in [7, 11) is -3.65. The summed E-state index contributed by atoms with van der Waals surface area (Å²) in [5.74, 6) is 0. The zero-order valence-electron chi connectivity index (χ0n) is 12.7. The minimum Gasteiger partial charge on any atom is -0.225 e. The largest absolute Gasteiger partial charge is 0.238 e. The molecule has 1 aromatic heterocycles. The summed E-state index contributed by atoms with van der Waals surface area (Å²) in [6.07, 6.45) is 7.10. The molecule has 2 aromatic rings. The number of thiophene rings is 1. The molecule has 118 valence electrons. The highest BCUT2D eigenvalue weighted by Crippen LogP contribution is 2.58. The Morgan fingerprint density at radius 3 is 2.26 bits per heavy atom. The fourth-order valence-electron chi connectivity index (χ4n) is 3.04. The number of aryl methyl sites for hydroxylation is 1. The maximum atomic E-state index is 11.4. The van der Waals surface area contributed by atoms with Crippen LogP contribution in [0.2, 0.25) is 0 Å². The summed E-state index contributed by atoms with van der Waals surface area (Å²) in [6.45, 7) is 2.10. The van der Waals surface area contributed by atoms with E-state index in [0.717, 1.165) is 5.56 Å². The second-order valence-electron chi connectivity index (χ2n) is 6.41. The molecule has 2 N–H and O–H groups in total. The lowest BCUT2D eigenvalue weighted by molar-refractivity contribution is 0.598. The van der Waals surface area contributed by atoms with Crippen LogP contribution in [-0.4, -0.2) is 8.42 Å². The van der Waals surface area contributed by atoms with E-state index >= 15 is 0 Å². The van der Waals surface area contributed by atoms with Crippen molar-refractivity contribution in [3.8, 4) is 0 Å². The molecule has 0 aliphatic heterocycles. The number of hydrogen-bond acceptors (Lipinski definition) is 3. The van der Waals surface area contributed by atoms with Crippen molar-refractivity contribution >= 4 is 32.5 Å². The maximum Gasteiger partial charge on any atom is 0.238 e. The van der Waals surface area contributed by atoms with Crippen molar-refractivity contribution in [1.29, 1.82) is 0 Å². The van der Waals surface area contributed by atoms with Gasteiger partial charge in [0.05, 0.1) is 4.90 Å². The average Bonchev–Trinajstić information content (AvgIpc) is 2.93. The van der Waals surface area contributed by atoms with Gasteiger partial charge in [0.2, 0.25) is 10.0 Å². The van der Waals surface area contributed by atoms with Crippen LogP contribution in [0.4, 0.5) is 0 Å². The smallest absolute Gasteiger partial charge is 0.225 e. The number of primary sulfonamides is 1.